The van der Waals surface area contributed by atoms with Gasteiger partial charge in [0.1, 0.15) is 0 Å². The van der Waals surface area contributed by atoms with E-state index < -0.39 is 0 Å². The van der Waals surface area contributed by atoms with Crippen LogP contribution in [0, 0.1) is 21.8 Å². The van der Waals surface area contributed by atoms with Gasteiger partial charge in [-0.1, -0.05) is 20.3 Å². The summed E-state index contributed by atoms with van der Waals surface area (Å²) in [6.07, 6.45) is 1.16. The topological polar surface area (TPSA) is 0 Å². The van der Waals surface area contributed by atoms with E-state index in [2.05, 4.69) is 50.2 Å². The van der Waals surface area contributed by atoms with E-state index in [0.717, 1.165) is 6.42 Å². The molecule has 0 unspecified atom stereocenters. The van der Waals surface area contributed by atoms with Crippen LogP contribution in [-0.4, -0.2) is 0 Å². The molecule has 0 aliphatic heterocycles. The quantitative estimate of drug-likeness (QED) is 0.212. The maximum absolute atomic E-state index is 2.16. The summed E-state index contributed by atoms with van der Waals surface area (Å²) in [4.78, 5) is 0. The third-order valence-corrected chi connectivity index (χ3v) is 3.08. The summed E-state index contributed by atoms with van der Waals surface area (Å²) in [5.41, 5.74) is 2.77. The van der Waals surface area contributed by atoms with Crippen LogP contribution in [0.5, 0.6) is 0 Å². The normalized spacial score (nSPS) is 7.33. The fourth-order valence-corrected chi connectivity index (χ4v) is 1.76. The average Bonchev–Trinajstić information content (AvgIpc) is 3.40. The van der Waals surface area contributed by atoms with Gasteiger partial charge in [-0.05, 0) is 0 Å². The van der Waals surface area contributed by atoms with Crippen LogP contribution in [0.2, 0.25) is 0 Å². The van der Waals surface area contributed by atoms with Crippen LogP contribution < -0.4 is 0 Å². The van der Waals surface area contributed by atoms with E-state index >= 15 is 0 Å². The Bertz CT molecular complexity index is 552. The fraction of sp³-hybridized carbons (Fsp3) is 0.120. The summed E-state index contributed by atoms with van der Waals surface area (Å²) in [7, 11) is 0. The summed E-state index contributed by atoms with van der Waals surface area (Å²) < 4.78 is 0. The molecule has 0 nitrogen and oxygen atoms in total. The fourth-order valence-electron chi connectivity index (χ4n) is 1.76. The van der Waals surface area contributed by atoms with Crippen LogP contribution in [0.25, 0.3) is 0 Å². The molecule has 154 valence electrons. The standard InChI is InChI=1S/C7H9.C6H7.2C5H5.2CH3.2Fe/c1-2-7-5-3-4-6-7;1-6-4-2-3-5-6;2*1-2-4-5-3-1;;;;/h3-6H,2H2,1H3;2-5H,1H3;2*1-5H;2*1H3;;/q6*-1;;. The third-order valence-electron chi connectivity index (χ3n) is 3.08. The number of rotatable bonds is 1. The van der Waals surface area contributed by atoms with Gasteiger partial charge < -0.3 is 14.9 Å². The van der Waals surface area contributed by atoms with Crippen LogP contribution >= 0.6 is 0 Å². The van der Waals surface area contributed by atoms with Gasteiger partial charge in [-0.2, -0.15) is 71.8 Å². The SMILES string of the molecule is CCc1ccc[cH-]1.Cc1ccc[cH-]1.[CH3-].[CH3-].[Fe].[Fe].c1cc[cH-]c1.c1cc[cH-]c1. The van der Waals surface area contributed by atoms with Crippen molar-refractivity contribution in [3.63, 3.8) is 0 Å². The maximum atomic E-state index is 2.16. The first kappa shape index (κ1) is 33.1. The zero-order valence-electron chi connectivity index (χ0n) is 16.8. The van der Waals surface area contributed by atoms with Crippen molar-refractivity contribution in [3.8, 4) is 0 Å². The second-order valence-electron chi connectivity index (χ2n) is 5.03. The molecule has 0 aliphatic carbocycles. The van der Waals surface area contributed by atoms with Gasteiger partial charge >= 0.3 is 0 Å². The minimum Gasteiger partial charge on any atom is -0.358 e. The zero-order valence-corrected chi connectivity index (χ0v) is 19.0. The maximum Gasteiger partial charge on any atom is 0 e. The first-order valence-electron chi connectivity index (χ1n) is 8.05. The summed E-state index contributed by atoms with van der Waals surface area (Å²) in [6, 6.07) is 36.7. The second kappa shape index (κ2) is 24.4. The monoisotopic (exact) mass is 444 g/mol. The van der Waals surface area contributed by atoms with E-state index in [0.29, 0.717) is 0 Å². The predicted octanol–water partition coefficient (Wildman–Crippen LogP) is 7.39. The van der Waals surface area contributed by atoms with Gasteiger partial charge in [-0.3, -0.25) is 0 Å². The number of aryl methyl sites for hydroxylation is 2. The van der Waals surface area contributed by atoms with E-state index in [9.17, 15) is 0 Å². The van der Waals surface area contributed by atoms with Crippen molar-refractivity contribution in [2.45, 2.75) is 20.3 Å². The first-order chi connectivity index (χ1) is 11.3. The van der Waals surface area contributed by atoms with Crippen molar-refractivity contribution in [3.05, 3.63) is 135 Å². The zero-order chi connectivity index (χ0) is 16.6. The molecule has 4 aromatic rings. The summed E-state index contributed by atoms with van der Waals surface area (Å²) in [5.74, 6) is 0. The first-order valence-corrected chi connectivity index (χ1v) is 8.05. The van der Waals surface area contributed by atoms with E-state index in [1.165, 1.54) is 11.1 Å². The van der Waals surface area contributed by atoms with Gasteiger partial charge in [0.2, 0.25) is 0 Å². The minimum atomic E-state index is 0. The molecule has 0 saturated heterocycles. The minimum absolute atomic E-state index is 0. The van der Waals surface area contributed by atoms with Crippen LogP contribution in [0.3, 0.4) is 0 Å². The summed E-state index contributed by atoms with van der Waals surface area (Å²) in [5, 5.41) is 0. The Balaban J connectivity index is -0.000000125. The Kier molecular flexibility index (Phi) is 29.9. The van der Waals surface area contributed by atoms with Gasteiger partial charge in [-0.15, -0.1) is 0 Å². The third kappa shape index (κ3) is 20.6. The molecular weight excluding hydrogens is 412 g/mol. The Hall–Kier alpha value is -1.56. The van der Waals surface area contributed by atoms with Gasteiger partial charge in [0, 0.05) is 34.1 Å². The Morgan fingerprint density at radius 3 is 1.22 bits per heavy atom. The van der Waals surface area contributed by atoms with Crippen LogP contribution in [0.15, 0.2) is 109 Å². The molecule has 0 saturated carbocycles. The van der Waals surface area contributed by atoms with Crippen molar-refractivity contribution in [2.75, 3.05) is 0 Å². The molecule has 0 N–H and O–H groups in total. The smallest absolute Gasteiger partial charge is 0 e. The van der Waals surface area contributed by atoms with Crippen LogP contribution in [0.4, 0.5) is 0 Å². The van der Waals surface area contributed by atoms with Crippen molar-refractivity contribution < 1.29 is 34.1 Å². The molecule has 0 aliphatic rings. The molecular formula is C25H32Fe2-6. The molecule has 0 radical (unpaired) electrons. The van der Waals surface area contributed by atoms with Crippen LogP contribution in [0.1, 0.15) is 18.1 Å². The average molecular weight is 444 g/mol. The number of hydrogen-bond acceptors (Lipinski definition) is 0. The second-order valence-corrected chi connectivity index (χ2v) is 5.03. The van der Waals surface area contributed by atoms with Crippen molar-refractivity contribution in [1.29, 1.82) is 0 Å². The largest absolute Gasteiger partial charge is 0.358 e. The summed E-state index contributed by atoms with van der Waals surface area (Å²) >= 11 is 0. The van der Waals surface area contributed by atoms with E-state index in [-0.39, 0.29) is 49.0 Å². The molecule has 0 bridgehead atoms. The molecule has 2 heteroatoms. The molecule has 0 fully saturated rings. The van der Waals surface area contributed by atoms with Gasteiger partial charge in [0.25, 0.3) is 0 Å². The predicted molar refractivity (Wildman–Crippen MR) is 115 cm³/mol. The Labute approximate surface area is 189 Å². The van der Waals surface area contributed by atoms with Crippen LogP contribution in [-0.2, 0) is 40.6 Å². The van der Waals surface area contributed by atoms with E-state index in [1.807, 2.05) is 72.8 Å². The van der Waals surface area contributed by atoms with Gasteiger partial charge in [0.05, 0.1) is 0 Å². The summed E-state index contributed by atoms with van der Waals surface area (Å²) in [6.45, 7) is 4.25. The van der Waals surface area contributed by atoms with E-state index in [4.69, 9.17) is 0 Å². The molecule has 27 heavy (non-hydrogen) atoms. The van der Waals surface area contributed by atoms with Gasteiger partial charge in [-0.25, -0.2) is 48.5 Å². The van der Waals surface area contributed by atoms with E-state index in [1.54, 1.807) is 0 Å². The van der Waals surface area contributed by atoms with Crippen molar-refractivity contribution in [1.82, 2.24) is 0 Å². The Morgan fingerprint density at radius 1 is 0.630 bits per heavy atom. The molecule has 4 aromatic carbocycles. The number of hydrogen-bond donors (Lipinski definition) is 0. The molecule has 0 amide bonds. The van der Waals surface area contributed by atoms with Crippen molar-refractivity contribution >= 4 is 0 Å². The molecule has 0 spiro atoms. The molecule has 4 rings (SSSR count). The Morgan fingerprint density at radius 2 is 1.07 bits per heavy atom. The molecule has 0 heterocycles. The van der Waals surface area contributed by atoms with Gasteiger partial charge in [0.15, 0.2) is 0 Å². The molecule has 0 atom stereocenters. The van der Waals surface area contributed by atoms with Crippen molar-refractivity contribution in [2.24, 2.45) is 0 Å². The molecule has 0 aromatic heterocycles.